The Bertz CT molecular complexity index is 1050. The number of rotatable bonds is 3. The van der Waals surface area contributed by atoms with Gasteiger partial charge < -0.3 is 24.8 Å². The lowest BCUT2D eigenvalue weighted by atomic mass is 10.1. The first-order valence-corrected chi connectivity index (χ1v) is 9.36. The predicted molar refractivity (Wildman–Crippen MR) is 99.3 cm³/mol. The highest BCUT2D eigenvalue weighted by molar-refractivity contribution is 5.78. The second-order valence-corrected chi connectivity index (χ2v) is 7.47. The predicted octanol–water partition coefficient (Wildman–Crippen LogP) is 1.60. The van der Waals surface area contributed by atoms with Gasteiger partial charge in [0.15, 0.2) is 0 Å². The lowest BCUT2D eigenvalue weighted by molar-refractivity contribution is -0.0166. The van der Waals surface area contributed by atoms with E-state index in [2.05, 4.69) is 15.3 Å². The molecule has 1 saturated carbocycles. The molecule has 3 aromatic rings. The Morgan fingerprint density at radius 3 is 2.82 bits per heavy atom. The summed E-state index contributed by atoms with van der Waals surface area (Å²) in [5.41, 5.74) is 2.96. The molecular weight excluding hydrogens is 363 g/mol. The van der Waals surface area contributed by atoms with Gasteiger partial charge in [-0.2, -0.15) is 0 Å². The number of nitrogens with zero attached hydrogens (tertiary/aromatic N) is 3. The highest BCUT2D eigenvalue weighted by Gasteiger charge is 2.44. The molecule has 0 bridgehead atoms. The van der Waals surface area contributed by atoms with Gasteiger partial charge in [-0.15, -0.1) is 0 Å². The number of halogens is 1. The Labute approximate surface area is 160 Å². The van der Waals surface area contributed by atoms with Crippen molar-refractivity contribution < 1.29 is 19.3 Å². The molecule has 1 fully saturated rings. The van der Waals surface area contributed by atoms with Gasteiger partial charge in [0.05, 0.1) is 11.7 Å². The number of aryl methyl sites for hydroxylation is 1. The van der Waals surface area contributed by atoms with Gasteiger partial charge in [0.25, 0.3) is 0 Å². The van der Waals surface area contributed by atoms with E-state index < -0.39 is 18.3 Å². The van der Waals surface area contributed by atoms with Crippen LogP contribution in [0.4, 0.5) is 4.39 Å². The van der Waals surface area contributed by atoms with Crippen LogP contribution in [0.1, 0.15) is 29.3 Å². The molecule has 146 valence electrons. The standard InChI is InChI=1S/C20H21FN4O3/c1-10-11-4-5-25(20(11)24-9-23-10)15-6-17(19(27)18(15)26)28-16-3-2-14(21)12-7-22-8-13(12)16/h2-5,9,15,17-19,22,26-27H,6-8H2,1H3/t15-,17+,18+,19-/m1/s1. The van der Waals surface area contributed by atoms with E-state index in [1.807, 2.05) is 23.8 Å². The monoisotopic (exact) mass is 384 g/mol. The van der Waals surface area contributed by atoms with Crippen molar-refractivity contribution in [2.75, 3.05) is 0 Å². The molecule has 28 heavy (non-hydrogen) atoms. The zero-order valence-corrected chi connectivity index (χ0v) is 15.3. The highest BCUT2D eigenvalue weighted by atomic mass is 19.1. The summed E-state index contributed by atoms with van der Waals surface area (Å²) >= 11 is 0. The molecule has 1 aliphatic heterocycles. The van der Waals surface area contributed by atoms with E-state index in [1.54, 1.807) is 6.07 Å². The van der Waals surface area contributed by atoms with Gasteiger partial charge in [0.1, 0.15) is 41.9 Å². The molecule has 3 heterocycles. The van der Waals surface area contributed by atoms with Crippen molar-refractivity contribution in [1.82, 2.24) is 19.9 Å². The molecule has 5 rings (SSSR count). The molecule has 1 aromatic carbocycles. The summed E-state index contributed by atoms with van der Waals surface area (Å²) in [4.78, 5) is 8.54. The normalized spacial score (nSPS) is 26.7. The zero-order valence-electron chi connectivity index (χ0n) is 15.3. The maximum atomic E-state index is 14.0. The summed E-state index contributed by atoms with van der Waals surface area (Å²) < 4.78 is 21.9. The van der Waals surface area contributed by atoms with Crippen molar-refractivity contribution >= 4 is 11.0 Å². The molecule has 0 amide bonds. The first-order valence-electron chi connectivity index (χ1n) is 9.36. The molecule has 2 aliphatic rings. The van der Waals surface area contributed by atoms with Crippen LogP contribution in [0.25, 0.3) is 11.0 Å². The number of aliphatic hydroxyl groups excluding tert-OH is 2. The SMILES string of the molecule is Cc1ncnc2c1ccn2[C@@H]1C[C@H](Oc2ccc(F)c3c2CNC3)[C@@H](O)[C@H]1O. The average Bonchev–Trinajstić information content (AvgIpc) is 3.39. The van der Waals surface area contributed by atoms with Crippen LogP contribution in [-0.2, 0) is 13.1 Å². The molecule has 0 saturated heterocycles. The fraction of sp³-hybridized carbons (Fsp3) is 0.400. The minimum absolute atomic E-state index is 0.258. The van der Waals surface area contributed by atoms with Crippen molar-refractivity contribution in [2.24, 2.45) is 0 Å². The van der Waals surface area contributed by atoms with Crippen LogP contribution in [0.15, 0.2) is 30.7 Å². The minimum atomic E-state index is -1.06. The minimum Gasteiger partial charge on any atom is -0.487 e. The maximum Gasteiger partial charge on any atom is 0.143 e. The molecule has 3 N–H and O–H groups in total. The molecule has 0 unspecified atom stereocenters. The molecular formula is C20H21FN4O3. The number of ether oxygens (including phenoxy) is 1. The summed E-state index contributed by atoms with van der Waals surface area (Å²) in [6.45, 7) is 2.89. The number of aromatic nitrogens is 3. The Morgan fingerprint density at radius 1 is 1.14 bits per heavy atom. The molecule has 4 atom stereocenters. The van der Waals surface area contributed by atoms with Crippen LogP contribution in [0, 0.1) is 12.7 Å². The largest absolute Gasteiger partial charge is 0.487 e. The third-order valence-corrected chi connectivity index (χ3v) is 5.88. The topological polar surface area (TPSA) is 92.4 Å². The molecule has 8 heteroatoms. The van der Waals surface area contributed by atoms with Crippen LogP contribution in [-0.4, -0.2) is 43.1 Å². The van der Waals surface area contributed by atoms with Crippen molar-refractivity contribution in [2.45, 2.75) is 50.8 Å². The van der Waals surface area contributed by atoms with E-state index in [9.17, 15) is 14.6 Å². The summed E-state index contributed by atoms with van der Waals surface area (Å²) in [5, 5.41) is 25.3. The second-order valence-electron chi connectivity index (χ2n) is 7.47. The van der Waals surface area contributed by atoms with Gasteiger partial charge in [-0.1, -0.05) is 0 Å². The molecule has 1 aliphatic carbocycles. The van der Waals surface area contributed by atoms with Crippen molar-refractivity contribution in [3.05, 3.63) is 53.4 Å². The summed E-state index contributed by atoms with van der Waals surface area (Å²) in [7, 11) is 0. The van der Waals surface area contributed by atoms with Crippen LogP contribution >= 0.6 is 0 Å². The Kier molecular flexibility index (Phi) is 4.08. The summed E-state index contributed by atoms with van der Waals surface area (Å²) in [5.74, 6) is 0.292. The van der Waals surface area contributed by atoms with Crippen molar-refractivity contribution in [3.63, 3.8) is 0 Å². The smallest absolute Gasteiger partial charge is 0.143 e. The van der Waals surface area contributed by atoms with Gasteiger partial charge in [-0.05, 0) is 25.1 Å². The average molecular weight is 384 g/mol. The molecule has 0 spiro atoms. The van der Waals surface area contributed by atoms with Crippen LogP contribution in [0.5, 0.6) is 5.75 Å². The van der Waals surface area contributed by atoms with E-state index in [0.29, 0.717) is 30.8 Å². The van der Waals surface area contributed by atoms with E-state index in [-0.39, 0.29) is 11.9 Å². The van der Waals surface area contributed by atoms with Crippen LogP contribution in [0.3, 0.4) is 0 Å². The maximum absolute atomic E-state index is 14.0. The lowest BCUT2D eigenvalue weighted by Crippen LogP contribution is -2.34. The van der Waals surface area contributed by atoms with Gasteiger partial charge in [0, 0.05) is 42.2 Å². The Balaban J connectivity index is 1.44. The summed E-state index contributed by atoms with van der Waals surface area (Å²) in [6, 6.07) is 4.51. The number of hydrogen-bond donors (Lipinski definition) is 3. The van der Waals surface area contributed by atoms with E-state index >= 15 is 0 Å². The lowest BCUT2D eigenvalue weighted by Gasteiger charge is -2.20. The van der Waals surface area contributed by atoms with E-state index in [0.717, 1.165) is 22.3 Å². The van der Waals surface area contributed by atoms with E-state index in [4.69, 9.17) is 4.74 Å². The van der Waals surface area contributed by atoms with E-state index in [1.165, 1.54) is 12.4 Å². The fourth-order valence-corrected chi connectivity index (χ4v) is 4.34. The number of hydrogen-bond acceptors (Lipinski definition) is 6. The van der Waals surface area contributed by atoms with Gasteiger partial charge in [0.2, 0.25) is 0 Å². The third-order valence-electron chi connectivity index (χ3n) is 5.88. The van der Waals surface area contributed by atoms with Gasteiger partial charge >= 0.3 is 0 Å². The third kappa shape index (κ3) is 2.60. The molecule has 7 nitrogen and oxygen atoms in total. The fourth-order valence-electron chi connectivity index (χ4n) is 4.34. The number of fused-ring (bicyclic) bond motifs is 2. The molecule has 0 radical (unpaired) electrons. The van der Waals surface area contributed by atoms with Gasteiger partial charge in [-0.25, -0.2) is 14.4 Å². The van der Waals surface area contributed by atoms with Crippen molar-refractivity contribution in [3.8, 4) is 5.75 Å². The number of nitrogens with one attached hydrogen (secondary N) is 1. The Morgan fingerprint density at radius 2 is 1.96 bits per heavy atom. The van der Waals surface area contributed by atoms with Crippen LogP contribution in [0.2, 0.25) is 0 Å². The Hall–Kier alpha value is -2.55. The number of benzene rings is 1. The second kappa shape index (κ2) is 6.51. The number of aliphatic hydroxyl groups is 2. The van der Waals surface area contributed by atoms with Gasteiger partial charge in [-0.3, -0.25) is 0 Å². The zero-order chi connectivity index (χ0) is 19.4. The quantitative estimate of drug-likeness (QED) is 0.635. The highest BCUT2D eigenvalue weighted by Crippen LogP contribution is 2.37. The first kappa shape index (κ1) is 17.5. The summed E-state index contributed by atoms with van der Waals surface area (Å²) in [6.07, 6.45) is 1.11. The van der Waals surface area contributed by atoms with Crippen LogP contribution < -0.4 is 10.1 Å². The molecule has 2 aromatic heterocycles. The van der Waals surface area contributed by atoms with Crippen molar-refractivity contribution in [1.29, 1.82) is 0 Å². The first-order chi connectivity index (χ1) is 13.5.